The maximum Gasteiger partial charge on any atom is 0.407 e. The monoisotopic (exact) mass is 279 g/mol. The molecule has 110 valence electrons. The van der Waals surface area contributed by atoms with Gasteiger partial charge in [-0.1, -0.05) is 0 Å². The molecule has 0 bridgehead atoms. The molecule has 1 N–H and O–H groups in total. The van der Waals surface area contributed by atoms with E-state index in [9.17, 15) is 14.7 Å². The van der Waals surface area contributed by atoms with Crippen LogP contribution in [-0.2, 0) is 16.0 Å². The molecule has 0 saturated carbocycles. The van der Waals surface area contributed by atoms with Gasteiger partial charge >= 0.3 is 6.09 Å². The Bertz CT molecular complexity index is 454. The molecule has 0 aliphatic rings. The summed E-state index contributed by atoms with van der Waals surface area (Å²) in [6.45, 7) is 5.22. The number of alkyl carbamates (subject to hydrolysis) is 1. The van der Waals surface area contributed by atoms with Crippen LogP contribution in [0.25, 0.3) is 0 Å². The number of aromatic nitrogens is 1. The van der Waals surface area contributed by atoms with Crippen molar-refractivity contribution < 1.29 is 19.4 Å². The van der Waals surface area contributed by atoms with Crippen LogP contribution in [0.15, 0.2) is 24.5 Å². The van der Waals surface area contributed by atoms with Gasteiger partial charge in [-0.25, -0.2) is 4.79 Å². The standard InChI is InChI=1S/C14H20N2O4/c1-14(2,3)20-13(19)16-11(9-12(17)18)8-10-4-6-15-7-5-10/h4-7,11H,8-9H2,1-3H3,(H,16,19)(H,17,18)/p-1/t11-/m1/s1. The van der Waals surface area contributed by atoms with Crippen molar-refractivity contribution >= 4 is 12.1 Å². The maximum atomic E-state index is 11.7. The van der Waals surface area contributed by atoms with Crippen molar-refractivity contribution in [1.29, 1.82) is 0 Å². The first-order valence-corrected chi connectivity index (χ1v) is 6.34. The minimum absolute atomic E-state index is 0.276. The van der Waals surface area contributed by atoms with Crippen molar-refractivity contribution in [2.75, 3.05) is 0 Å². The SMILES string of the molecule is CC(C)(C)OC(=O)N[C@@H](CC(=O)[O-])Cc1ccncc1. The average Bonchev–Trinajstić information content (AvgIpc) is 2.26. The number of ether oxygens (including phenoxy) is 1. The first-order chi connectivity index (χ1) is 9.26. The van der Waals surface area contributed by atoms with E-state index < -0.39 is 23.7 Å². The third kappa shape index (κ3) is 6.72. The van der Waals surface area contributed by atoms with Gasteiger partial charge in [0.25, 0.3) is 0 Å². The molecular weight excluding hydrogens is 260 g/mol. The van der Waals surface area contributed by atoms with Crippen LogP contribution in [-0.4, -0.2) is 28.7 Å². The molecule has 20 heavy (non-hydrogen) atoms. The molecule has 6 nitrogen and oxygen atoms in total. The van der Waals surface area contributed by atoms with Crippen molar-refractivity contribution in [3.05, 3.63) is 30.1 Å². The van der Waals surface area contributed by atoms with Crippen LogP contribution < -0.4 is 10.4 Å². The molecule has 1 heterocycles. The summed E-state index contributed by atoms with van der Waals surface area (Å²) in [6, 6.07) is 2.94. The van der Waals surface area contributed by atoms with Crippen molar-refractivity contribution in [3.63, 3.8) is 0 Å². The predicted molar refractivity (Wildman–Crippen MR) is 70.7 cm³/mol. The van der Waals surface area contributed by atoms with Gasteiger partial charge in [-0.05, 0) is 44.9 Å². The maximum absolute atomic E-state index is 11.7. The lowest BCUT2D eigenvalue weighted by atomic mass is 10.0. The van der Waals surface area contributed by atoms with E-state index in [0.29, 0.717) is 6.42 Å². The van der Waals surface area contributed by atoms with Gasteiger partial charge in [0.15, 0.2) is 0 Å². The Morgan fingerprint density at radius 2 is 1.95 bits per heavy atom. The number of hydrogen-bond donors (Lipinski definition) is 1. The summed E-state index contributed by atoms with van der Waals surface area (Å²) in [4.78, 5) is 26.3. The molecule has 0 aromatic carbocycles. The molecule has 6 heteroatoms. The molecular formula is C14H19N2O4-. The molecule has 0 aliphatic carbocycles. The Hall–Kier alpha value is -2.11. The lowest BCUT2D eigenvalue weighted by molar-refractivity contribution is -0.306. The van der Waals surface area contributed by atoms with Gasteiger partial charge in [0, 0.05) is 30.8 Å². The third-order valence-corrected chi connectivity index (χ3v) is 2.37. The molecule has 0 aliphatic heterocycles. The summed E-state index contributed by atoms with van der Waals surface area (Å²) in [5.74, 6) is -1.22. The fourth-order valence-corrected chi connectivity index (χ4v) is 1.65. The zero-order chi connectivity index (χ0) is 15.2. The zero-order valence-electron chi connectivity index (χ0n) is 11.9. The molecule has 0 spiro atoms. The number of carboxylic acid groups (broad SMARTS) is 1. The second-order valence-corrected chi connectivity index (χ2v) is 5.48. The number of pyridine rings is 1. The Kier molecular flexibility index (Phi) is 5.49. The normalized spacial score (nSPS) is 12.6. The number of carbonyl (C=O) groups excluding carboxylic acids is 2. The number of amides is 1. The van der Waals surface area contributed by atoms with Crippen LogP contribution in [0, 0.1) is 0 Å². The van der Waals surface area contributed by atoms with Crippen LogP contribution in [0.1, 0.15) is 32.8 Å². The van der Waals surface area contributed by atoms with Gasteiger partial charge in [-0.3, -0.25) is 4.98 Å². The second kappa shape index (κ2) is 6.88. The fourth-order valence-electron chi connectivity index (χ4n) is 1.65. The van der Waals surface area contributed by atoms with Crippen LogP contribution in [0.4, 0.5) is 4.79 Å². The van der Waals surface area contributed by atoms with Crippen molar-refractivity contribution in [2.24, 2.45) is 0 Å². The Morgan fingerprint density at radius 1 is 1.35 bits per heavy atom. The van der Waals surface area contributed by atoms with E-state index in [4.69, 9.17) is 4.74 Å². The average molecular weight is 279 g/mol. The van der Waals surface area contributed by atoms with E-state index in [-0.39, 0.29) is 6.42 Å². The lowest BCUT2D eigenvalue weighted by Gasteiger charge is -2.24. The van der Waals surface area contributed by atoms with Gasteiger partial charge in [0.1, 0.15) is 5.60 Å². The number of hydrogen-bond acceptors (Lipinski definition) is 5. The van der Waals surface area contributed by atoms with Gasteiger partial charge in [0.2, 0.25) is 0 Å². The molecule has 1 aromatic rings. The van der Waals surface area contributed by atoms with Crippen molar-refractivity contribution in [3.8, 4) is 0 Å². The van der Waals surface area contributed by atoms with E-state index in [1.54, 1.807) is 45.3 Å². The molecule has 0 saturated heterocycles. The lowest BCUT2D eigenvalue weighted by Crippen LogP contribution is -2.43. The van der Waals surface area contributed by atoms with Crippen LogP contribution in [0.5, 0.6) is 0 Å². The molecule has 1 rings (SSSR count). The smallest absolute Gasteiger partial charge is 0.407 e. The number of aliphatic carboxylic acids is 1. The van der Waals surface area contributed by atoms with E-state index in [0.717, 1.165) is 5.56 Å². The van der Waals surface area contributed by atoms with Crippen LogP contribution >= 0.6 is 0 Å². The van der Waals surface area contributed by atoms with Crippen molar-refractivity contribution in [1.82, 2.24) is 10.3 Å². The quantitative estimate of drug-likeness (QED) is 0.854. The van der Waals surface area contributed by atoms with E-state index in [1.807, 2.05) is 0 Å². The largest absolute Gasteiger partial charge is 0.550 e. The van der Waals surface area contributed by atoms with E-state index >= 15 is 0 Å². The highest BCUT2D eigenvalue weighted by molar-refractivity contribution is 5.70. The van der Waals surface area contributed by atoms with Gasteiger partial charge in [0.05, 0.1) is 0 Å². The third-order valence-electron chi connectivity index (χ3n) is 2.37. The summed E-state index contributed by atoms with van der Waals surface area (Å²) in [5, 5.41) is 13.3. The molecule has 1 atom stereocenters. The molecule has 0 unspecified atom stereocenters. The van der Waals surface area contributed by atoms with Crippen LogP contribution in [0.3, 0.4) is 0 Å². The summed E-state index contributed by atoms with van der Waals surface area (Å²) >= 11 is 0. The van der Waals surface area contributed by atoms with Gasteiger partial charge in [-0.15, -0.1) is 0 Å². The zero-order valence-corrected chi connectivity index (χ0v) is 11.9. The Labute approximate surface area is 118 Å². The molecule has 0 radical (unpaired) electrons. The topological polar surface area (TPSA) is 91.3 Å². The number of carbonyl (C=O) groups is 2. The number of nitrogens with zero attached hydrogens (tertiary/aromatic N) is 1. The van der Waals surface area contributed by atoms with Gasteiger partial charge < -0.3 is 20.0 Å². The minimum atomic E-state index is -1.22. The molecule has 1 amide bonds. The number of nitrogens with one attached hydrogen (secondary N) is 1. The number of carboxylic acids is 1. The summed E-state index contributed by atoms with van der Waals surface area (Å²) in [5.41, 5.74) is 0.245. The first kappa shape index (κ1) is 15.9. The Morgan fingerprint density at radius 3 is 2.45 bits per heavy atom. The Balaban J connectivity index is 2.65. The summed E-state index contributed by atoms with van der Waals surface area (Å²) < 4.78 is 5.11. The molecule has 0 fully saturated rings. The fraction of sp³-hybridized carbons (Fsp3) is 0.500. The first-order valence-electron chi connectivity index (χ1n) is 6.34. The highest BCUT2D eigenvalue weighted by Gasteiger charge is 2.19. The highest BCUT2D eigenvalue weighted by atomic mass is 16.6. The van der Waals surface area contributed by atoms with Gasteiger partial charge in [-0.2, -0.15) is 0 Å². The number of rotatable bonds is 5. The highest BCUT2D eigenvalue weighted by Crippen LogP contribution is 2.09. The summed E-state index contributed by atoms with van der Waals surface area (Å²) in [6.07, 6.45) is 2.67. The molecule has 1 aromatic heterocycles. The van der Waals surface area contributed by atoms with E-state index in [1.165, 1.54) is 0 Å². The predicted octanol–water partition coefficient (Wildman–Crippen LogP) is 0.657. The van der Waals surface area contributed by atoms with Crippen molar-refractivity contribution in [2.45, 2.75) is 45.3 Å². The van der Waals surface area contributed by atoms with E-state index in [2.05, 4.69) is 10.3 Å². The minimum Gasteiger partial charge on any atom is -0.550 e. The second-order valence-electron chi connectivity index (χ2n) is 5.48. The van der Waals surface area contributed by atoms with Crippen LogP contribution in [0.2, 0.25) is 0 Å². The summed E-state index contributed by atoms with van der Waals surface area (Å²) in [7, 11) is 0.